The fourth-order valence-electron chi connectivity index (χ4n) is 12.9. The number of carbonyl (C=O) groups is 3. The van der Waals surface area contributed by atoms with Crippen molar-refractivity contribution in [2.75, 3.05) is 10.6 Å². The van der Waals surface area contributed by atoms with Gasteiger partial charge in [-0.15, -0.1) is 5.60 Å². The normalized spacial score (nSPS) is 17.5. The van der Waals surface area contributed by atoms with Crippen molar-refractivity contribution in [3.05, 3.63) is 126 Å². The van der Waals surface area contributed by atoms with Gasteiger partial charge in [0, 0.05) is 84.4 Å². The van der Waals surface area contributed by atoms with Gasteiger partial charge in [-0.3, -0.25) is 4.79 Å². The van der Waals surface area contributed by atoms with E-state index in [0.29, 0.717) is 133 Å². The molecular weight excluding hydrogens is 1370 g/mol. The van der Waals surface area contributed by atoms with E-state index < -0.39 is 57.8 Å². The summed E-state index contributed by atoms with van der Waals surface area (Å²) in [4.78, 5) is 36.6. The Morgan fingerprint density at radius 3 is 0.980 bits per heavy atom. The molecule has 0 bridgehead atoms. The molecule has 4 amide bonds. The first-order valence-corrected chi connectivity index (χ1v) is 37.2. The number of nitrogens with one attached hydrogen (secondary N) is 4. The largest absolute Gasteiger partial charge is 1.00 e. The molecule has 0 fully saturated rings. The fraction of sp³-hybridized carbons (Fsp3) is 0.460. The number of ketones is 1. The molecule has 4 heterocycles. The van der Waals surface area contributed by atoms with E-state index in [-0.39, 0.29) is 63.1 Å². The van der Waals surface area contributed by atoms with E-state index in [1.54, 1.807) is 20.8 Å². The van der Waals surface area contributed by atoms with Gasteiger partial charge in [0.2, 0.25) is 20.4 Å². The number of furan rings is 4. The van der Waals surface area contributed by atoms with E-state index in [1.165, 1.54) is 46.5 Å². The smallest absolute Gasteiger partial charge is 0.850 e. The molecule has 35 heteroatoms. The van der Waals surface area contributed by atoms with Crippen molar-refractivity contribution in [3.63, 3.8) is 0 Å². The first kappa shape index (κ1) is 78.1. The van der Waals surface area contributed by atoms with Crippen molar-refractivity contribution in [1.82, 2.24) is 9.44 Å². The summed E-state index contributed by atoms with van der Waals surface area (Å²) in [5, 5.41) is 67.3. The number of carbonyl (C=O) groups excluding carboxylic acids is 3. The Kier molecular flexibility index (Phi) is 25.8. The number of Topliss-reactive ketones (excluding diaryl/α,β-unsaturated/α-hetero) is 1. The van der Waals surface area contributed by atoms with Crippen LogP contribution in [0.2, 0.25) is 0 Å². The molecular formula is C63H81N10NaO20S4. The summed E-state index contributed by atoms with van der Waals surface area (Å²) in [6, 6.07) is 8.06. The van der Waals surface area contributed by atoms with Crippen LogP contribution < -0.4 is 70.9 Å². The summed E-state index contributed by atoms with van der Waals surface area (Å²) in [6.45, 7) is 4.90. The average Bonchev–Trinajstić information content (AvgIpc) is 1.38. The van der Waals surface area contributed by atoms with Gasteiger partial charge in [0.1, 0.15) is 23.0 Å². The van der Waals surface area contributed by atoms with Crippen molar-refractivity contribution in [3.8, 4) is 0 Å². The maximum absolute atomic E-state index is 12.7. The summed E-state index contributed by atoms with van der Waals surface area (Å²) in [5.74, 6) is 5.27. The predicted molar refractivity (Wildman–Crippen MR) is 351 cm³/mol. The Labute approximate surface area is 589 Å². The van der Waals surface area contributed by atoms with Gasteiger partial charge in [0.15, 0.2) is 5.78 Å². The van der Waals surface area contributed by atoms with Crippen molar-refractivity contribution in [2.45, 2.75) is 208 Å². The third-order valence-electron chi connectivity index (χ3n) is 17.0. The molecule has 8 aliphatic rings. The summed E-state index contributed by atoms with van der Waals surface area (Å²) >= 11 is 0. The minimum atomic E-state index is -4.20. The molecule has 0 radical (unpaired) electrons. The zero-order chi connectivity index (χ0) is 69.7. The van der Waals surface area contributed by atoms with Crippen LogP contribution >= 0.6 is 0 Å². The molecule has 528 valence electrons. The van der Waals surface area contributed by atoms with E-state index in [0.717, 1.165) is 117 Å². The van der Waals surface area contributed by atoms with E-state index in [4.69, 9.17) is 48.8 Å². The van der Waals surface area contributed by atoms with Gasteiger partial charge >= 0.3 is 41.6 Å². The number of nitrogens with zero attached hydrogens (tertiary/aromatic N) is 3. The van der Waals surface area contributed by atoms with Crippen LogP contribution in [0.5, 0.6) is 0 Å². The first-order valence-electron chi connectivity index (χ1n) is 31.1. The first-order chi connectivity index (χ1) is 45.4. The number of fused-ring (bicyclic) bond motifs is 8. The molecule has 4 aromatic heterocycles. The van der Waals surface area contributed by atoms with Gasteiger partial charge in [-0.25, -0.2) is 52.0 Å². The molecule has 2 aromatic carbocycles. The second kappa shape index (κ2) is 32.4. The standard InChI is InChI=1S/2C21H23N3O5S.C8H10N2O4S.C8H9NO4S.C4H9O.CH4.H3NO.Na/c2*25-21(22-20-14-6-1-4-12(14)10-13-5-2-7-15(13)20)24-30(27,28)19-11-16-17(23-26)8-3-9-18(16)29-19;9-15(12,13)8-4-5-6(10-11)2-1-3-7(5)14-8;9-14(11,12)8-4-5-6(10)2-1-3-7(5)13-8;1-4(2,3)5;;1-2;/h2*10-11,26H,1-9H2,(H2,22,24,25);4,11H,1-3H2,(H2,9,12,13);4H,1-3H2,(H2,9,11,12);1-3H3;1H4;2H,1H2;/q;;;;-1;;;+1/b23-17+;23-17-;;;;;;. The maximum atomic E-state index is 12.7. The van der Waals surface area contributed by atoms with Gasteiger partial charge in [0.25, 0.3) is 40.1 Å². The van der Waals surface area contributed by atoms with Crippen LogP contribution in [0.25, 0.3) is 0 Å². The monoisotopic (exact) mass is 1450 g/mol. The Morgan fingerprint density at radius 2 is 0.694 bits per heavy atom. The van der Waals surface area contributed by atoms with Crippen LogP contribution in [-0.2, 0) is 117 Å². The summed E-state index contributed by atoms with van der Waals surface area (Å²) in [5.41, 5.74) is 13.4. The molecule has 0 spiro atoms. The molecule has 6 aromatic rings. The van der Waals surface area contributed by atoms with Gasteiger partial charge in [-0.2, -0.15) is 16.8 Å². The molecule has 98 heavy (non-hydrogen) atoms. The van der Waals surface area contributed by atoms with Crippen LogP contribution in [-0.4, -0.2) is 95.1 Å². The molecule has 8 aliphatic carbocycles. The Morgan fingerprint density at radius 1 is 0.439 bits per heavy atom. The number of aryl methyl sites for hydroxylation is 8. The molecule has 0 aliphatic heterocycles. The molecule has 0 unspecified atom stereocenters. The third-order valence-corrected chi connectivity index (χ3v) is 20.9. The zero-order valence-electron chi connectivity index (χ0n) is 54.0. The molecule has 14 N–H and O–H groups in total. The number of sulfonamides is 4. The SMILES string of the molecule is C.CC(C)(C)[O-].NO.NS(=O)(=O)c1cc2c(o1)CCCC2=NO.NS(=O)(=O)c1cc2c(o1)CCCC2=O.O=C(Nc1c2c(cc3c1CCC3)CCC2)NS(=O)(=O)c1cc2c(o1)CCC/C2=N/O.O=C(Nc1c2c(cc3c1CCC3)CCC2)NS(=O)(=O)c1cc2c(o1)CCC/C2=N\O.[Na+]. The van der Waals surface area contributed by atoms with Crippen molar-refractivity contribution in [2.24, 2.45) is 31.6 Å². The number of benzene rings is 2. The van der Waals surface area contributed by atoms with Gasteiger partial charge in [0.05, 0.1) is 22.7 Å². The molecule has 14 rings (SSSR count). The van der Waals surface area contributed by atoms with E-state index >= 15 is 0 Å². The number of nitrogens with two attached hydrogens (primary N) is 3. The molecule has 30 nitrogen and oxygen atoms in total. The molecule has 0 saturated heterocycles. The second-order valence-electron chi connectivity index (χ2n) is 24.9. The number of primary sulfonamides is 2. The third kappa shape index (κ3) is 18.4. The van der Waals surface area contributed by atoms with Gasteiger partial charge in [-0.05, 0) is 167 Å². The molecule has 0 atom stereocenters. The Balaban J connectivity index is 0.000000185. The molecule has 0 saturated carbocycles. The van der Waals surface area contributed by atoms with Crippen molar-refractivity contribution >= 4 is 86.4 Å². The topological polar surface area (TPSA) is 508 Å². The number of hydrogen-bond donors (Lipinski definition) is 11. The van der Waals surface area contributed by atoms with Gasteiger partial charge in [-0.1, -0.05) is 55.8 Å². The minimum Gasteiger partial charge on any atom is -0.850 e. The van der Waals surface area contributed by atoms with Crippen LogP contribution in [0.3, 0.4) is 0 Å². The van der Waals surface area contributed by atoms with E-state index in [1.807, 2.05) is 0 Å². The van der Waals surface area contributed by atoms with Gasteiger partial charge < -0.3 is 54.2 Å². The van der Waals surface area contributed by atoms with E-state index in [2.05, 4.69) is 53.6 Å². The Bertz CT molecular complexity index is 4310. The predicted octanol–water partition coefficient (Wildman–Crippen LogP) is 4.57. The minimum absolute atomic E-state index is 0. The number of anilines is 2. The average molecular weight is 1450 g/mol. The fourth-order valence-corrected chi connectivity index (χ4v) is 15.7. The number of rotatable bonds is 8. The number of oxime groups is 3. The summed E-state index contributed by atoms with van der Waals surface area (Å²) < 4.78 is 120. The number of hydrogen-bond acceptors (Lipinski definition) is 24. The summed E-state index contributed by atoms with van der Waals surface area (Å²) in [7, 11) is -16.1. The van der Waals surface area contributed by atoms with Crippen LogP contribution in [0.4, 0.5) is 21.0 Å². The zero-order valence-corrected chi connectivity index (χ0v) is 59.2. The Hall–Kier alpha value is -7.22. The van der Waals surface area contributed by atoms with Crippen LogP contribution in [0.1, 0.15) is 200 Å². The quantitative estimate of drug-likeness (QED) is 0.0564. The van der Waals surface area contributed by atoms with Crippen LogP contribution in [0, 0.1) is 0 Å². The summed E-state index contributed by atoms with van der Waals surface area (Å²) in [6.07, 6.45) is 19.0. The number of urea groups is 2. The van der Waals surface area contributed by atoms with Crippen molar-refractivity contribution < 1.29 is 121 Å². The maximum Gasteiger partial charge on any atom is 1.00 e. The van der Waals surface area contributed by atoms with E-state index in [9.17, 15) is 53.2 Å². The number of amides is 4. The second-order valence-corrected chi connectivity index (χ2v) is 31.1. The van der Waals surface area contributed by atoms with Crippen LogP contribution in [0.15, 0.2) is 89.9 Å². The van der Waals surface area contributed by atoms with Crippen molar-refractivity contribution in [1.29, 1.82) is 0 Å².